The lowest BCUT2D eigenvalue weighted by molar-refractivity contribution is -0.134. The normalized spacial score (nSPS) is 18.2. The first kappa shape index (κ1) is 16.5. The van der Waals surface area contributed by atoms with Crippen molar-refractivity contribution in [2.75, 3.05) is 19.6 Å². The number of pyridine rings is 1. The Morgan fingerprint density at radius 2 is 2.27 bits per heavy atom. The van der Waals surface area contributed by atoms with Crippen LogP contribution in [0.4, 0.5) is 0 Å². The number of aryl methyl sites for hydroxylation is 1. The zero-order valence-corrected chi connectivity index (χ0v) is 13.3. The van der Waals surface area contributed by atoms with E-state index in [0.717, 1.165) is 19.6 Å². The molecule has 1 saturated heterocycles. The molecule has 0 bridgehead atoms. The number of hydrogen-bond acceptors (Lipinski definition) is 4. The van der Waals surface area contributed by atoms with Crippen LogP contribution in [0, 0.1) is 0 Å². The van der Waals surface area contributed by atoms with Crippen LogP contribution in [0.15, 0.2) is 29.2 Å². The largest absolute Gasteiger partial charge is 0.350 e. The van der Waals surface area contributed by atoms with Crippen molar-refractivity contribution in [1.82, 2.24) is 24.4 Å². The third kappa shape index (κ3) is 3.15. The van der Waals surface area contributed by atoms with Gasteiger partial charge in [0.05, 0.1) is 6.54 Å². The Balaban J connectivity index is 0.00000176. The van der Waals surface area contributed by atoms with E-state index in [-0.39, 0.29) is 30.0 Å². The first-order chi connectivity index (χ1) is 10.2. The standard InChI is InChI=1S/C14H19N5O2.ClH/c1-11-10-15-6-9-17(11)13(20)5-8-19-14(21)18-7-3-2-4-12(18)16-19;/h2-4,7,11,15H,5-6,8-10H2,1H3;1H/t11-;/m1./s1. The van der Waals surface area contributed by atoms with E-state index in [1.54, 1.807) is 18.3 Å². The number of nitrogens with zero attached hydrogens (tertiary/aromatic N) is 4. The Labute approximate surface area is 134 Å². The zero-order valence-electron chi connectivity index (χ0n) is 12.4. The van der Waals surface area contributed by atoms with Crippen LogP contribution in [0.1, 0.15) is 13.3 Å². The second-order valence-electron chi connectivity index (χ2n) is 5.32. The van der Waals surface area contributed by atoms with Gasteiger partial charge in [-0.05, 0) is 19.1 Å². The monoisotopic (exact) mass is 325 g/mol. The van der Waals surface area contributed by atoms with Crippen LogP contribution in [0.2, 0.25) is 0 Å². The van der Waals surface area contributed by atoms with Crippen molar-refractivity contribution in [3.8, 4) is 0 Å². The lowest BCUT2D eigenvalue weighted by Crippen LogP contribution is -2.52. The molecular formula is C14H20ClN5O2. The third-order valence-electron chi connectivity index (χ3n) is 3.85. The van der Waals surface area contributed by atoms with Crippen molar-refractivity contribution in [2.45, 2.75) is 25.9 Å². The van der Waals surface area contributed by atoms with Crippen molar-refractivity contribution in [3.05, 3.63) is 34.9 Å². The van der Waals surface area contributed by atoms with Gasteiger partial charge in [-0.1, -0.05) is 6.07 Å². The summed E-state index contributed by atoms with van der Waals surface area (Å²) in [5.41, 5.74) is 0.400. The summed E-state index contributed by atoms with van der Waals surface area (Å²) in [4.78, 5) is 26.2. The quantitative estimate of drug-likeness (QED) is 0.870. The van der Waals surface area contributed by atoms with Gasteiger partial charge >= 0.3 is 5.69 Å². The number of fused-ring (bicyclic) bond motifs is 1. The summed E-state index contributed by atoms with van der Waals surface area (Å²) in [6.07, 6.45) is 1.98. The van der Waals surface area contributed by atoms with Crippen LogP contribution >= 0.6 is 12.4 Å². The first-order valence-corrected chi connectivity index (χ1v) is 7.21. The summed E-state index contributed by atoms with van der Waals surface area (Å²) < 4.78 is 2.85. The van der Waals surface area contributed by atoms with E-state index in [2.05, 4.69) is 10.4 Å². The molecular weight excluding hydrogens is 306 g/mol. The lowest BCUT2D eigenvalue weighted by atomic mass is 10.2. The summed E-state index contributed by atoms with van der Waals surface area (Å²) in [6.45, 7) is 4.71. The maximum atomic E-state index is 12.3. The number of amides is 1. The zero-order chi connectivity index (χ0) is 14.8. The molecule has 7 nitrogen and oxygen atoms in total. The van der Waals surface area contributed by atoms with Crippen LogP contribution < -0.4 is 11.0 Å². The Kier molecular flexibility index (Phi) is 5.20. The van der Waals surface area contributed by atoms with Crippen molar-refractivity contribution in [1.29, 1.82) is 0 Å². The molecule has 0 radical (unpaired) electrons. The average Bonchev–Trinajstić information content (AvgIpc) is 2.82. The highest BCUT2D eigenvalue weighted by Crippen LogP contribution is 2.05. The summed E-state index contributed by atoms with van der Waals surface area (Å²) >= 11 is 0. The van der Waals surface area contributed by atoms with Gasteiger partial charge in [0.2, 0.25) is 5.91 Å². The Hall–Kier alpha value is -1.86. The van der Waals surface area contributed by atoms with Gasteiger partial charge in [0, 0.05) is 38.3 Å². The summed E-state index contributed by atoms with van der Waals surface area (Å²) in [7, 11) is 0. The van der Waals surface area contributed by atoms with E-state index in [0.29, 0.717) is 18.6 Å². The minimum Gasteiger partial charge on any atom is -0.337 e. The fourth-order valence-electron chi connectivity index (χ4n) is 2.67. The molecule has 0 saturated carbocycles. The number of nitrogens with one attached hydrogen (secondary N) is 1. The molecule has 1 aliphatic heterocycles. The number of carbonyl (C=O) groups is 1. The second kappa shape index (κ2) is 6.93. The number of aromatic nitrogens is 3. The molecule has 22 heavy (non-hydrogen) atoms. The molecule has 3 rings (SSSR count). The topological polar surface area (TPSA) is 71.6 Å². The van der Waals surface area contributed by atoms with Gasteiger partial charge in [-0.3, -0.25) is 9.20 Å². The van der Waals surface area contributed by atoms with Gasteiger partial charge in [-0.25, -0.2) is 9.48 Å². The molecule has 0 aliphatic carbocycles. The molecule has 1 N–H and O–H groups in total. The fraction of sp³-hybridized carbons (Fsp3) is 0.500. The molecule has 0 spiro atoms. The Bertz CT molecular complexity index is 711. The predicted octanol–water partition coefficient (Wildman–Crippen LogP) is 0.128. The average molecular weight is 326 g/mol. The maximum absolute atomic E-state index is 12.3. The highest BCUT2D eigenvalue weighted by Gasteiger charge is 2.22. The van der Waals surface area contributed by atoms with Gasteiger partial charge < -0.3 is 10.2 Å². The second-order valence-corrected chi connectivity index (χ2v) is 5.32. The maximum Gasteiger partial charge on any atom is 0.350 e. The van der Waals surface area contributed by atoms with E-state index in [1.807, 2.05) is 17.9 Å². The smallest absolute Gasteiger partial charge is 0.337 e. The van der Waals surface area contributed by atoms with Crippen LogP contribution in [0.3, 0.4) is 0 Å². The highest BCUT2D eigenvalue weighted by molar-refractivity contribution is 5.85. The molecule has 8 heteroatoms. The first-order valence-electron chi connectivity index (χ1n) is 7.21. The number of hydrogen-bond donors (Lipinski definition) is 1. The van der Waals surface area contributed by atoms with E-state index in [4.69, 9.17) is 0 Å². The Morgan fingerprint density at radius 3 is 3.00 bits per heavy atom. The minimum absolute atomic E-state index is 0. The molecule has 1 aliphatic rings. The fourth-order valence-corrected chi connectivity index (χ4v) is 2.67. The number of halogens is 1. The van der Waals surface area contributed by atoms with Crippen molar-refractivity contribution < 1.29 is 4.79 Å². The van der Waals surface area contributed by atoms with Gasteiger partial charge in [0.15, 0.2) is 5.65 Å². The van der Waals surface area contributed by atoms with Crippen LogP contribution in [0.5, 0.6) is 0 Å². The third-order valence-corrected chi connectivity index (χ3v) is 3.85. The lowest BCUT2D eigenvalue weighted by Gasteiger charge is -2.34. The molecule has 2 aromatic rings. The van der Waals surface area contributed by atoms with Crippen molar-refractivity contribution in [2.24, 2.45) is 0 Å². The van der Waals surface area contributed by atoms with E-state index in [1.165, 1.54) is 9.08 Å². The predicted molar refractivity (Wildman–Crippen MR) is 85.4 cm³/mol. The van der Waals surface area contributed by atoms with E-state index in [9.17, 15) is 9.59 Å². The minimum atomic E-state index is -0.202. The van der Waals surface area contributed by atoms with Gasteiger partial charge in [-0.2, -0.15) is 0 Å². The van der Waals surface area contributed by atoms with Crippen LogP contribution in [-0.4, -0.2) is 50.7 Å². The number of piperazine rings is 1. The number of rotatable bonds is 3. The molecule has 0 aromatic carbocycles. The Morgan fingerprint density at radius 1 is 1.45 bits per heavy atom. The van der Waals surface area contributed by atoms with Crippen molar-refractivity contribution in [3.63, 3.8) is 0 Å². The SMILES string of the molecule is C[C@@H]1CNCCN1C(=O)CCn1nc2ccccn2c1=O.Cl. The summed E-state index contributed by atoms with van der Waals surface area (Å²) in [5, 5.41) is 7.49. The van der Waals surface area contributed by atoms with Gasteiger partial charge in [0.1, 0.15) is 0 Å². The molecule has 0 unspecified atom stereocenters. The highest BCUT2D eigenvalue weighted by atomic mass is 35.5. The summed E-state index contributed by atoms with van der Waals surface area (Å²) in [6, 6.07) is 5.59. The molecule has 1 fully saturated rings. The molecule has 1 atom stereocenters. The van der Waals surface area contributed by atoms with Gasteiger partial charge in [0.25, 0.3) is 0 Å². The molecule has 120 valence electrons. The van der Waals surface area contributed by atoms with Crippen molar-refractivity contribution >= 4 is 24.0 Å². The van der Waals surface area contributed by atoms with Crippen LogP contribution in [-0.2, 0) is 11.3 Å². The van der Waals surface area contributed by atoms with Crippen LogP contribution in [0.25, 0.3) is 5.65 Å². The summed E-state index contributed by atoms with van der Waals surface area (Å²) in [5.74, 6) is 0.0768. The van der Waals surface area contributed by atoms with E-state index >= 15 is 0 Å². The number of carbonyl (C=O) groups excluding carboxylic acids is 1. The molecule has 2 aromatic heterocycles. The molecule has 3 heterocycles. The molecule has 1 amide bonds. The van der Waals surface area contributed by atoms with Gasteiger partial charge in [-0.15, -0.1) is 17.5 Å². The van der Waals surface area contributed by atoms with E-state index < -0.39 is 0 Å².